The first-order chi connectivity index (χ1) is 10.1. The standard InChI is InChI=1S/C17H24O4/c1-3-4-5-6-7-10-13-20-17(19)15-11-8-9-12-16(15)21-14(2)18/h8-9,11-12H,3-7,10,13H2,1-2H3. The average molecular weight is 292 g/mol. The van der Waals surface area contributed by atoms with Crippen LogP contribution in [0.3, 0.4) is 0 Å². The van der Waals surface area contributed by atoms with E-state index in [4.69, 9.17) is 9.47 Å². The van der Waals surface area contributed by atoms with Crippen LogP contribution in [0, 0.1) is 0 Å². The van der Waals surface area contributed by atoms with Crippen molar-refractivity contribution < 1.29 is 19.1 Å². The van der Waals surface area contributed by atoms with Crippen molar-refractivity contribution in [3.05, 3.63) is 29.8 Å². The summed E-state index contributed by atoms with van der Waals surface area (Å²) in [5, 5.41) is 0. The van der Waals surface area contributed by atoms with Gasteiger partial charge in [-0.1, -0.05) is 51.2 Å². The van der Waals surface area contributed by atoms with Crippen molar-refractivity contribution >= 4 is 11.9 Å². The van der Waals surface area contributed by atoms with Crippen molar-refractivity contribution in [1.29, 1.82) is 0 Å². The molecule has 4 heteroatoms. The number of hydrogen-bond acceptors (Lipinski definition) is 4. The normalized spacial score (nSPS) is 10.2. The van der Waals surface area contributed by atoms with Crippen LogP contribution in [-0.4, -0.2) is 18.5 Å². The molecule has 0 amide bonds. The number of rotatable bonds is 9. The van der Waals surface area contributed by atoms with E-state index in [0.717, 1.165) is 12.8 Å². The fraction of sp³-hybridized carbons (Fsp3) is 0.529. The van der Waals surface area contributed by atoms with E-state index < -0.39 is 11.9 Å². The summed E-state index contributed by atoms with van der Waals surface area (Å²) in [6.07, 6.45) is 6.83. The zero-order valence-electron chi connectivity index (χ0n) is 12.9. The Kier molecular flexibility index (Phi) is 8.17. The van der Waals surface area contributed by atoms with Crippen LogP contribution in [0.1, 0.15) is 62.7 Å². The topological polar surface area (TPSA) is 52.6 Å². The fourth-order valence-corrected chi connectivity index (χ4v) is 2.00. The smallest absolute Gasteiger partial charge is 0.341 e. The Hall–Kier alpha value is -1.84. The third-order valence-electron chi connectivity index (χ3n) is 3.09. The molecule has 0 heterocycles. The number of benzene rings is 1. The molecule has 1 aromatic rings. The minimum Gasteiger partial charge on any atom is -0.462 e. The molecule has 0 atom stereocenters. The highest BCUT2D eigenvalue weighted by atomic mass is 16.5. The summed E-state index contributed by atoms with van der Waals surface area (Å²) in [4.78, 5) is 23.0. The summed E-state index contributed by atoms with van der Waals surface area (Å²) in [6, 6.07) is 6.61. The molecule has 0 unspecified atom stereocenters. The second-order valence-corrected chi connectivity index (χ2v) is 4.99. The molecule has 0 aliphatic heterocycles. The molecule has 0 aromatic heterocycles. The first kappa shape index (κ1) is 17.2. The maximum absolute atomic E-state index is 12.0. The second-order valence-electron chi connectivity index (χ2n) is 4.99. The molecule has 1 rings (SSSR count). The Morgan fingerprint density at radius 1 is 1.00 bits per heavy atom. The number of hydrogen-bond donors (Lipinski definition) is 0. The van der Waals surface area contributed by atoms with Crippen LogP contribution < -0.4 is 4.74 Å². The number of ether oxygens (including phenoxy) is 2. The quantitative estimate of drug-likeness (QED) is 0.390. The van der Waals surface area contributed by atoms with E-state index in [1.807, 2.05) is 0 Å². The second kappa shape index (κ2) is 9.97. The molecular formula is C17H24O4. The van der Waals surface area contributed by atoms with E-state index >= 15 is 0 Å². The molecule has 0 aliphatic carbocycles. The lowest BCUT2D eigenvalue weighted by Gasteiger charge is -2.09. The van der Waals surface area contributed by atoms with Crippen molar-refractivity contribution in [2.75, 3.05) is 6.61 Å². The highest BCUT2D eigenvalue weighted by Crippen LogP contribution is 2.19. The van der Waals surface area contributed by atoms with Gasteiger partial charge in [-0.15, -0.1) is 0 Å². The number of unbranched alkanes of at least 4 members (excludes halogenated alkanes) is 5. The summed E-state index contributed by atoms with van der Waals surface area (Å²) in [5.41, 5.74) is 0.290. The van der Waals surface area contributed by atoms with E-state index in [1.54, 1.807) is 24.3 Å². The van der Waals surface area contributed by atoms with Gasteiger partial charge in [-0.2, -0.15) is 0 Å². The highest BCUT2D eigenvalue weighted by molar-refractivity contribution is 5.93. The van der Waals surface area contributed by atoms with Crippen LogP contribution in [0.5, 0.6) is 5.75 Å². The van der Waals surface area contributed by atoms with Crippen molar-refractivity contribution in [2.24, 2.45) is 0 Å². The monoisotopic (exact) mass is 292 g/mol. The van der Waals surface area contributed by atoms with Crippen LogP contribution in [0.25, 0.3) is 0 Å². The largest absolute Gasteiger partial charge is 0.462 e. The van der Waals surface area contributed by atoms with Gasteiger partial charge in [0.05, 0.1) is 6.61 Å². The minimum atomic E-state index is -0.453. The zero-order valence-corrected chi connectivity index (χ0v) is 12.9. The predicted octanol–water partition coefficient (Wildman–Crippen LogP) is 4.13. The molecule has 0 N–H and O–H groups in total. The van der Waals surface area contributed by atoms with Gasteiger partial charge in [0.2, 0.25) is 0 Å². The molecule has 0 fully saturated rings. The lowest BCUT2D eigenvalue weighted by molar-refractivity contribution is -0.131. The Morgan fingerprint density at radius 3 is 2.38 bits per heavy atom. The first-order valence-corrected chi connectivity index (χ1v) is 7.59. The predicted molar refractivity (Wildman–Crippen MR) is 81.4 cm³/mol. The van der Waals surface area contributed by atoms with Gasteiger partial charge in [0.1, 0.15) is 11.3 Å². The van der Waals surface area contributed by atoms with Gasteiger partial charge in [-0.3, -0.25) is 4.79 Å². The van der Waals surface area contributed by atoms with Gasteiger partial charge in [-0.05, 0) is 18.6 Å². The molecule has 0 aliphatic rings. The molecule has 21 heavy (non-hydrogen) atoms. The molecule has 1 aromatic carbocycles. The zero-order chi connectivity index (χ0) is 15.5. The third kappa shape index (κ3) is 6.93. The maximum Gasteiger partial charge on any atom is 0.341 e. The first-order valence-electron chi connectivity index (χ1n) is 7.59. The molecule has 0 spiro atoms. The molecule has 0 bridgehead atoms. The number of carbonyl (C=O) groups excluding carboxylic acids is 2. The van der Waals surface area contributed by atoms with Crippen LogP contribution in [0.4, 0.5) is 0 Å². The van der Waals surface area contributed by atoms with E-state index in [0.29, 0.717) is 12.2 Å². The van der Waals surface area contributed by atoms with E-state index in [9.17, 15) is 9.59 Å². The summed E-state index contributed by atoms with van der Waals surface area (Å²) < 4.78 is 10.2. The van der Waals surface area contributed by atoms with Crippen molar-refractivity contribution in [1.82, 2.24) is 0 Å². The van der Waals surface area contributed by atoms with Gasteiger partial charge in [0.25, 0.3) is 0 Å². The minimum absolute atomic E-state index is 0.248. The van der Waals surface area contributed by atoms with Crippen LogP contribution in [0.15, 0.2) is 24.3 Å². The third-order valence-corrected chi connectivity index (χ3v) is 3.09. The Morgan fingerprint density at radius 2 is 1.67 bits per heavy atom. The fourth-order valence-electron chi connectivity index (χ4n) is 2.00. The summed E-state index contributed by atoms with van der Waals surface area (Å²) >= 11 is 0. The molecule has 0 saturated carbocycles. The summed E-state index contributed by atoms with van der Waals surface area (Å²) in [7, 11) is 0. The lowest BCUT2D eigenvalue weighted by atomic mass is 10.1. The van der Waals surface area contributed by atoms with Gasteiger partial charge >= 0.3 is 11.9 Å². The Balaban J connectivity index is 2.36. The van der Waals surface area contributed by atoms with Crippen molar-refractivity contribution in [3.8, 4) is 5.75 Å². The van der Waals surface area contributed by atoms with Gasteiger partial charge in [0.15, 0.2) is 0 Å². The van der Waals surface area contributed by atoms with Gasteiger partial charge < -0.3 is 9.47 Å². The van der Waals surface area contributed by atoms with E-state index in [-0.39, 0.29) is 5.75 Å². The van der Waals surface area contributed by atoms with Crippen LogP contribution >= 0.6 is 0 Å². The summed E-state index contributed by atoms with van der Waals surface area (Å²) in [5.74, 6) is -0.649. The lowest BCUT2D eigenvalue weighted by Crippen LogP contribution is -2.11. The Labute approximate surface area is 126 Å². The number of esters is 2. The molecule has 0 saturated heterocycles. The SMILES string of the molecule is CCCCCCCCOC(=O)c1ccccc1OC(C)=O. The van der Waals surface area contributed by atoms with Gasteiger partial charge in [0, 0.05) is 6.92 Å². The van der Waals surface area contributed by atoms with Crippen molar-refractivity contribution in [3.63, 3.8) is 0 Å². The Bertz CT molecular complexity index is 454. The maximum atomic E-state index is 12.0. The van der Waals surface area contributed by atoms with E-state index in [2.05, 4.69) is 6.92 Å². The van der Waals surface area contributed by atoms with Crippen LogP contribution in [-0.2, 0) is 9.53 Å². The van der Waals surface area contributed by atoms with Gasteiger partial charge in [-0.25, -0.2) is 4.79 Å². The van der Waals surface area contributed by atoms with Crippen LogP contribution in [0.2, 0.25) is 0 Å². The number of carbonyl (C=O) groups is 2. The molecule has 0 radical (unpaired) electrons. The van der Waals surface area contributed by atoms with E-state index in [1.165, 1.54) is 32.6 Å². The molecular weight excluding hydrogens is 268 g/mol. The number of para-hydroxylation sites is 1. The average Bonchev–Trinajstić information content (AvgIpc) is 2.46. The van der Waals surface area contributed by atoms with Crippen molar-refractivity contribution in [2.45, 2.75) is 52.4 Å². The molecule has 116 valence electrons. The molecule has 4 nitrogen and oxygen atoms in total. The highest BCUT2D eigenvalue weighted by Gasteiger charge is 2.14. The summed E-state index contributed by atoms with van der Waals surface area (Å²) in [6.45, 7) is 3.89.